The van der Waals surface area contributed by atoms with E-state index in [1.54, 1.807) is 16.8 Å². The van der Waals surface area contributed by atoms with Crippen molar-refractivity contribution in [2.45, 2.75) is 26.2 Å². The summed E-state index contributed by atoms with van der Waals surface area (Å²) in [6.45, 7) is 7.33. The van der Waals surface area contributed by atoms with E-state index in [9.17, 15) is 4.39 Å². The summed E-state index contributed by atoms with van der Waals surface area (Å²) in [6, 6.07) is 6.48. The van der Waals surface area contributed by atoms with Crippen LogP contribution in [-0.4, -0.2) is 41.9 Å². The van der Waals surface area contributed by atoms with E-state index in [0.717, 1.165) is 5.69 Å². The van der Waals surface area contributed by atoms with Gasteiger partial charge in [0.15, 0.2) is 11.6 Å². The predicted molar refractivity (Wildman–Crippen MR) is 90.7 cm³/mol. The summed E-state index contributed by atoms with van der Waals surface area (Å²) >= 11 is 0. The van der Waals surface area contributed by atoms with Crippen LogP contribution in [0.5, 0.6) is 5.75 Å². The van der Waals surface area contributed by atoms with Gasteiger partial charge in [0.2, 0.25) is 0 Å². The molecule has 5 nitrogen and oxygen atoms in total. The van der Waals surface area contributed by atoms with E-state index in [-0.39, 0.29) is 11.2 Å². The van der Waals surface area contributed by atoms with Crippen LogP contribution in [0.2, 0.25) is 0 Å². The topological polar surface area (TPSA) is 56.3 Å². The zero-order chi connectivity index (χ0) is 17.2. The van der Waals surface area contributed by atoms with Crippen LogP contribution < -0.4 is 10.5 Å². The van der Waals surface area contributed by atoms with Crippen LogP contribution in [0, 0.1) is 5.82 Å². The molecule has 1 aromatic heterocycles. The van der Waals surface area contributed by atoms with Crippen molar-refractivity contribution in [3.63, 3.8) is 0 Å². The first-order valence-electron chi connectivity index (χ1n) is 7.62. The second kappa shape index (κ2) is 6.58. The number of hydrogen-bond donors (Lipinski definition) is 1. The molecule has 0 fully saturated rings. The van der Waals surface area contributed by atoms with Gasteiger partial charge in [0, 0.05) is 24.1 Å². The minimum Gasteiger partial charge on any atom is -0.489 e. The first kappa shape index (κ1) is 17.3. The largest absolute Gasteiger partial charge is 0.489 e. The highest BCUT2D eigenvalue weighted by molar-refractivity contribution is 5.47. The molecule has 0 aliphatic rings. The zero-order valence-electron chi connectivity index (χ0n) is 14.4. The highest BCUT2D eigenvalue weighted by Gasteiger charge is 2.20. The van der Waals surface area contributed by atoms with Gasteiger partial charge in [-0.1, -0.05) is 20.8 Å². The lowest BCUT2D eigenvalue weighted by Crippen LogP contribution is -2.19. The van der Waals surface area contributed by atoms with Crippen molar-refractivity contribution >= 4 is 5.82 Å². The fourth-order valence-corrected chi connectivity index (χ4v) is 2.04. The van der Waals surface area contributed by atoms with Crippen molar-refractivity contribution in [1.82, 2.24) is 14.7 Å². The van der Waals surface area contributed by atoms with E-state index < -0.39 is 5.82 Å². The molecule has 2 N–H and O–H groups in total. The van der Waals surface area contributed by atoms with E-state index in [4.69, 9.17) is 10.5 Å². The Labute approximate surface area is 136 Å². The molecule has 126 valence electrons. The maximum atomic E-state index is 13.9. The average Bonchev–Trinajstić information content (AvgIpc) is 2.83. The molecule has 0 aliphatic carbocycles. The lowest BCUT2D eigenvalue weighted by atomic mass is 9.92. The van der Waals surface area contributed by atoms with Crippen molar-refractivity contribution in [2.24, 2.45) is 0 Å². The molecule has 6 heteroatoms. The molecule has 0 aliphatic heterocycles. The van der Waals surface area contributed by atoms with Gasteiger partial charge in [0.1, 0.15) is 12.4 Å². The number of halogens is 1. The summed E-state index contributed by atoms with van der Waals surface area (Å²) in [5.41, 5.74) is 7.51. The first-order valence-corrected chi connectivity index (χ1v) is 7.62. The van der Waals surface area contributed by atoms with Crippen LogP contribution in [0.3, 0.4) is 0 Å². The van der Waals surface area contributed by atoms with Gasteiger partial charge in [-0.25, -0.2) is 9.07 Å². The monoisotopic (exact) mass is 320 g/mol. The molecule has 0 radical (unpaired) electrons. The summed E-state index contributed by atoms with van der Waals surface area (Å²) in [5.74, 6) is 0.326. The van der Waals surface area contributed by atoms with Gasteiger partial charge >= 0.3 is 0 Å². The molecule has 2 aromatic rings. The van der Waals surface area contributed by atoms with Crippen LogP contribution in [-0.2, 0) is 5.41 Å². The van der Waals surface area contributed by atoms with Gasteiger partial charge in [-0.2, -0.15) is 5.10 Å². The SMILES string of the molecule is CN(C)CCOc1cc(-n2nc(C(C)(C)C)cc2N)ccc1F. The van der Waals surface area contributed by atoms with E-state index >= 15 is 0 Å². The molecule has 0 bridgehead atoms. The number of rotatable bonds is 5. The number of nitrogens with zero attached hydrogens (tertiary/aromatic N) is 3. The Kier molecular flexibility index (Phi) is 4.94. The van der Waals surface area contributed by atoms with Gasteiger partial charge in [0.25, 0.3) is 0 Å². The summed E-state index contributed by atoms with van der Waals surface area (Å²) in [5, 5.41) is 4.54. The van der Waals surface area contributed by atoms with Gasteiger partial charge in [-0.15, -0.1) is 0 Å². The van der Waals surface area contributed by atoms with Crippen molar-refractivity contribution in [3.05, 3.63) is 35.8 Å². The van der Waals surface area contributed by atoms with Crippen LogP contribution >= 0.6 is 0 Å². The van der Waals surface area contributed by atoms with Crippen molar-refractivity contribution < 1.29 is 9.13 Å². The number of hydrogen-bond acceptors (Lipinski definition) is 4. The Morgan fingerprint density at radius 1 is 1.26 bits per heavy atom. The molecule has 23 heavy (non-hydrogen) atoms. The van der Waals surface area contributed by atoms with Crippen LogP contribution in [0.15, 0.2) is 24.3 Å². The summed E-state index contributed by atoms with van der Waals surface area (Å²) in [6.07, 6.45) is 0. The number of anilines is 1. The molecular formula is C17H25FN4O. The number of ether oxygens (including phenoxy) is 1. The Morgan fingerprint density at radius 3 is 2.52 bits per heavy atom. The molecule has 0 amide bonds. The molecule has 0 spiro atoms. The van der Waals surface area contributed by atoms with Crippen LogP contribution in [0.4, 0.5) is 10.2 Å². The standard InChI is InChI=1S/C17H25FN4O/c1-17(2,3)15-11-16(19)22(20-15)12-6-7-13(18)14(10-12)23-9-8-21(4)5/h6-7,10-11H,8-9,19H2,1-5H3. The Bertz CT molecular complexity index is 674. The fourth-order valence-electron chi connectivity index (χ4n) is 2.04. The Hall–Kier alpha value is -2.08. The van der Waals surface area contributed by atoms with E-state index in [0.29, 0.717) is 24.7 Å². The normalized spacial score (nSPS) is 12.0. The van der Waals surface area contributed by atoms with Gasteiger partial charge in [0.05, 0.1) is 11.4 Å². The summed E-state index contributed by atoms with van der Waals surface area (Å²) in [7, 11) is 3.88. The van der Waals surface area contributed by atoms with Crippen LogP contribution in [0.1, 0.15) is 26.5 Å². The Morgan fingerprint density at radius 2 is 1.96 bits per heavy atom. The lowest BCUT2D eigenvalue weighted by Gasteiger charge is -2.14. The summed E-state index contributed by atoms with van der Waals surface area (Å²) < 4.78 is 21.0. The lowest BCUT2D eigenvalue weighted by molar-refractivity contribution is 0.252. The number of aromatic nitrogens is 2. The zero-order valence-corrected chi connectivity index (χ0v) is 14.4. The van der Waals surface area contributed by atoms with Crippen LogP contribution in [0.25, 0.3) is 5.69 Å². The third kappa shape index (κ3) is 4.22. The third-order valence-electron chi connectivity index (χ3n) is 3.46. The number of nitrogen functional groups attached to an aromatic ring is 1. The van der Waals surface area contributed by atoms with E-state index in [1.165, 1.54) is 6.07 Å². The maximum absolute atomic E-state index is 13.9. The highest BCUT2D eigenvalue weighted by Crippen LogP contribution is 2.27. The molecular weight excluding hydrogens is 295 g/mol. The second-order valence-corrected chi connectivity index (χ2v) is 6.88. The Balaban J connectivity index is 2.28. The highest BCUT2D eigenvalue weighted by atomic mass is 19.1. The second-order valence-electron chi connectivity index (χ2n) is 6.88. The smallest absolute Gasteiger partial charge is 0.165 e. The fraction of sp³-hybridized carbons (Fsp3) is 0.471. The van der Waals surface area contributed by atoms with Crippen molar-refractivity contribution in [2.75, 3.05) is 33.0 Å². The van der Waals surface area contributed by atoms with Gasteiger partial charge < -0.3 is 15.4 Å². The van der Waals surface area contributed by atoms with Gasteiger partial charge in [-0.05, 0) is 26.2 Å². The van der Waals surface area contributed by atoms with Crippen molar-refractivity contribution in [3.8, 4) is 11.4 Å². The maximum Gasteiger partial charge on any atom is 0.165 e. The molecule has 0 saturated heterocycles. The molecule has 1 aromatic carbocycles. The summed E-state index contributed by atoms with van der Waals surface area (Å²) in [4.78, 5) is 1.98. The quantitative estimate of drug-likeness (QED) is 0.920. The minimum atomic E-state index is -0.394. The number of benzene rings is 1. The molecule has 0 atom stereocenters. The molecule has 0 saturated carbocycles. The van der Waals surface area contributed by atoms with E-state index in [1.807, 2.05) is 25.1 Å². The molecule has 1 heterocycles. The average molecular weight is 320 g/mol. The molecule has 2 rings (SSSR count). The number of nitrogens with two attached hydrogens (primary N) is 1. The number of likely N-dealkylation sites (N-methyl/N-ethyl adjacent to an activating group) is 1. The van der Waals surface area contributed by atoms with Crippen molar-refractivity contribution in [1.29, 1.82) is 0 Å². The molecule has 0 unspecified atom stereocenters. The van der Waals surface area contributed by atoms with Gasteiger partial charge in [-0.3, -0.25) is 0 Å². The minimum absolute atomic E-state index is 0.107. The predicted octanol–water partition coefficient (Wildman–Crippen LogP) is 2.83. The third-order valence-corrected chi connectivity index (χ3v) is 3.46. The van der Waals surface area contributed by atoms with E-state index in [2.05, 4.69) is 25.9 Å². The first-order chi connectivity index (χ1) is 10.7.